The smallest absolute Gasteiger partial charge is 0.306 e. The molecule has 0 spiro atoms. The minimum atomic E-state index is -0.498. The molecule has 1 aromatic rings. The van der Waals surface area contributed by atoms with Crippen molar-refractivity contribution in [2.75, 3.05) is 6.61 Å². The Kier molecular flexibility index (Phi) is 7.86. The molecule has 0 saturated carbocycles. The van der Waals surface area contributed by atoms with Crippen LogP contribution in [-0.4, -0.2) is 29.5 Å². The molecule has 1 heterocycles. The molecule has 0 aromatic carbocycles. The predicted octanol–water partition coefficient (Wildman–Crippen LogP) is 1.64. The number of hydrogen-bond donors (Lipinski definition) is 2. The summed E-state index contributed by atoms with van der Waals surface area (Å²) in [4.78, 5) is 37.8. The lowest BCUT2D eigenvalue weighted by Gasteiger charge is -2.13. The van der Waals surface area contributed by atoms with E-state index in [0.717, 1.165) is 18.4 Å². The van der Waals surface area contributed by atoms with E-state index in [2.05, 4.69) is 10.3 Å². The summed E-state index contributed by atoms with van der Waals surface area (Å²) >= 11 is 0. The number of nitrogens with one attached hydrogen (secondary N) is 2. The molecule has 7 heteroatoms. The van der Waals surface area contributed by atoms with E-state index >= 15 is 0 Å². The van der Waals surface area contributed by atoms with Crippen LogP contribution in [0.1, 0.15) is 55.5 Å². The molecule has 0 aliphatic carbocycles. The van der Waals surface area contributed by atoms with Crippen LogP contribution in [0.2, 0.25) is 0 Å². The molecule has 0 bridgehead atoms. The van der Waals surface area contributed by atoms with Gasteiger partial charge in [-0.3, -0.25) is 14.4 Å². The van der Waals surface area contributed by atoms with Crippen molar-refractivity contribution >= 4 is 11.9 Å². The fourth-order valence-corrected chi connectivity index (χ4v) is 2.69. The van der Waals surface area contributed by atoms with Crippen molar-refractivity contribution in [3.05, 3.63) is 32.7 Å². The first-order valence-corrected chi connectivity index (χ1v) is 8.37. The molecule has 7 nitrogen and oxygen atoms in total. The van der Waals surface area contributed by atoms with Crippen molar-refractivity contribution in [3.8, 4) is 6.07 Å². The van der Waals surface area contributed by atoms with Crippen LogP contribution in [-0.2, 0) is 20.7 Å². The second-order valence-electron chi connectivity index (χ2n) is 6.09. The highest BCUT2D eigenvalue weighted by Crippen LogP contribution is 2.15. The highest BCUT2D eigenvalue weighted by Gasteiger charge is 2.15. The Bertz CT molecular complexity index is 731. The van der Waals surface area contributed by atoms with Crippen LogP contribution in [0.25, 0.3) is 0 Å². The molecule has 25 heavy (non-hydrogen) atoms. The van der Waals surface area contributed by atoms with Gasteiger partial charge in [0.05, 0.1) is 0 Å². The van der Waals surface area contributed by atoms with Gasteiger partial charge < -0.3 is 15.0 Å². The van der Waals surface area contributed by atoms with Gasteiger partial charge in [-0.05, 0) is 44.7 Å². The minimum absolute atomic E-state index is 0.0482. The Labute approximate surface area is 147 Å². The number of pyridine rings is 1. The fraction of sp³-hybridized carbons (Fsp3) is 0.556. The lowest BCUT2D eigenvalue weighted by Crippen LogP contribution is -2.35. The molecule has 1 rings (SSSR count). The topological polar surface area (TPSA) is 112 Å². The zero-order chi connectivity index (χ0) is 19.0. The number of nitriles is 1. The molecule has 2 N–H and O–H groups in total. The predicted molar refractivity (Wildman–Crippen MR) is 93.0 cm³/mol. The van der Waals surface area contributed by atoms with Gasteiger partial charge in [-0.1, -0.05) is 13.3 Å². The first-order valence-electron chi connectivity index (χ1n) is 8.37. The second-order valence-corrected chi connectivity index (χ2v) is 6.09. The van der Waals surface area contributed by atoms with E-state index < -0.39 is 11.5 Å². The maximum Gasteiger partial charge on any atom is 0.306 e. The van der Waals surface area contributed by atoms with E-state index in [-0.39, 0.29) is 30.5 Å². The molecular formula is C18H25N3O4. The average molecular weight is 347 g/mol. The normalized spacial score (nSPS) is 11.5. The van der Waals surface area contributed by atoms with E-state index in [1.165, 1.54) is 0 Å². The summed E-state index contributed by atoms with van der Waals surface area (Å²) in [5, 5.41) is 11.8. The molecule has 0 radical (unpaired) electrons. The Hall–Kier alpha value is -2.62. The first-order chi connectivity index (χ1) is 11.8. The third-order valence-corrected chi connectivity index (χ3v) is 3.99. The van der Waals surface area contributed by atoms with Crippen LogP contribution in [0, 0.1) is 25.2 Å². The number of aromatic amines is 1. The van der Waals surface area contributed by atoms with Gasteiger partial charge in [0.25, 0.3) is 11.5 Å². The molecule has 0 fully saturated rings. The van der Waals surface area contributed by atoms with Gasteiger partial charge in [0, 0.05) is 18.2 Å². The fourth-order valence-electron chi connectivity index (χ4n) is 2.69. The zero-order valence-electron chi connectivity index (χ0n) is 15.2. The van der Waals surface area contributed by atoms with E-state index in [9.17, 15) is 14.4 Å². The van der Waals surface area contributed by atoms with E-state index in [0.29, 0.717) is 17.7 Å². The van der Waals surface area contributed by atoms with E-state index in [1.807, 2.05) is 19.9 Å². The Balaban J connectivity index is 2.57. The van der Waals surface area contributed by atoms with Gasteiger partial charge in [0.2, 0.25) is 0 Å². The number of H-pyrrole nitrogens is 1. The Morgan fingerprint density at radius 1 is 1.36 bits per heavy atom. The SMILES string of the molecule is CCC[C@@H](C)NC(=O)COC(=O)CCc1c(C)[nH]c(=O)c(C#N)c1C. The van der Waals surface area contributed by atoms with Crippen molar-refractivity contribution in [3.63, 3.8) is 0 Å². The number of nitrogens with zero attached hydrogens (tertiary/aromatic N) is 1. The Morgan fingerprint density at radius 2 is 2.04 bits per heavy atom. The number of aromatic nitrogens is 1. The van der Waals surface area contributed by atoms with E-state index in [4.69, 9.17) is 10.00 Å². The molecule has 1 amide bonds. The lowest BCUT2D eigenvalue weighted by atomic mass is 9.99. The van der Waals surface area contributed by atoms with E-state index in [1.54, 1.807) is 13.8 Å². The second kappa shape index (κ2) is 9.62. The van der Waals surface area contributed by atoms with Gasteiger partial charge in [-0.25, -0.2) is 0 Å². The largest absolute Gasteiger partial charge is 0.456 e. The summed E-state index contributed by atoms with van der Waals surface area (Å²) in [6.07, 6.45) is 2.22. The van der Waals surface area contributed by atoms with Crippen molar-refractivity contribution in [1.29, 1.82) is 5.26 Å². The Morgan fingerprint density at radius 3 is 2.64 bits per heavy atom. The lowest BCUT2D eigenvalue weighted by molar-refractivity contribution is -0.148. The maximum absolute atomic E-state index is 11.8. The number of aryl methyl sites for hydroxylation is 1. The van der Waals surface area contributed by atoms with Crippen LogP contribution in [0.3, 0.4) is 0 Å². The summed E-state index contributed by atoms with van der Waals surface area (Å²) in [5.74, 6) is -0.820. The van der Waals surface area contributed by atoms with Crippen molar-refractivity contribution in [1.82, 2.24) is 10.3 Å². The summed E-state index contributed by atoms with van der Waals surface area (Å²) in [5.41, 5.74) is 1.57. The van der Waals surface area contributed by atoms with Crippen molar-refractivity contribution in [2.24, 2.45) is 0 Å². The molecule has 0 aliphatic heterocycles. The van der Waals surface area contributed by atoms with Gasteiger partial charge in [0.1, 0.15) is 11.6 Å². The molecule has 136 valence electrons. The quantitative estimate of drug-likeness (QED) is 0.694. The molecule has 0 aliphatic rings. The number of esters is 1. The third-order valence-electron chi connectivity index (χ3n) is 3.99. The van der Waals surface area contributed by atoms with Gasteiger partial charge in [0.15, 0.2) is 6.61 Å². The maximum atomic E-state index is 11.8. The molecule has 0 saturated heterocycles. The highest BCUT2D eigenvalue weighted by atomic mass is 16.5. The number of ether oxygens (including phenoxy) is 1. The zero-order valence-corrected chi connectivity index (χ0v) is 15.2. The van der Waals surface area contributed by atoms with Crippen molar-refractivity contribution < 1.29 is 14.3 Å². The first kappa shape index (κ1) is 20.4. The standard InChI is InChI=1S/C18H25N3O4/c1-5-6-11(2)20-16(22)10-25-17(23)8-7-14-12(3)15(9-19)18(24)21-13(14)4/h11H,5-8,10H2,1-4H3,(H,20,22)(H,21,24)/t11-/m1/s1. The summed E-state index contributed by atoms with van der Waals surface area (Å²) in [6.45, 7) is 7.03. The highest BCUT2D eigenvalue weighted by molar-refractivity contribution is 5.80. The minimum Gasteiger partial charge on any atom is -0.456 e. The number of hydrogen-bond acceptors (Lipinski definition) is 5. The van der Waals surface area contributed by atoms with Gasteiger partial charge in [-0.2, -0.15) is 5.26 Å². The molecule has 1 aromatic heterocycles. The number of carbonyl (C=O) groups excluding carboxylic acids is 2. The van der Waals surface area contributed by atoms with Gasteiger partial charge >= 0.3 is 5.97 Å². The monoisotopic (exact) mass is 347 g/mol. The molecular weight excluding hydrogens is 322 g/mol. The summed E-state index contributed by atoms with van der Waals surface area (Å²) in [6, 6.07) is 1.92. The average Bonchev–Trinajstić information content (AvgIpc) is 2.53. The third kappa shape index (κ3) is 6.07. The molecule has 0 unspecified atom stereocenters. The van der Waals surface area contributed by atoms with Gasteiger partial charge in [-0.15, -0.1) is 0 Å². The van der Waals surface area contributed by atoms with Crippen LogP contribution >= 0.6 is 0 Å². The number of carbonyl (C=O) groups is 2. The van der Waals surface area contributed by atoms with Crippen LogP contribution in [0.15, 0.2) is 4.79 Å². The molecule has 1 atom stereocenters. The van der Waals surface area contributed by atoms with Crippen LogP contribution in [0.5, 0.6) is 0 Å². The van der Waals surface area contributed by atoms with Crippen LogP contribution in [0.4, 0.5) is 0 Å². The summed E-state index contributed by atoms with van der Waals surface area (Å²) in [7, 11) is 0. The van der Waals surface area contributed by atoms with Crippen LogP contribution < -0.4 is 10.9 Å². The summed E-state index contributed by atoms with van der Waals surface area (Å²) < 4.78 is 4.98. The number of amides is 1. The number of rotatable bonds is 8. The van der Waals surface area contributed by atoms with Crippen molar-refractivity contribution in [2.45, 2.75) is 59.4 Å².